The van der Waals surface area contributed by atoms with Gasteiger partial charge >= 0.3 is 5.97 Å². The molecule has 0 unspecified atom stereocenters. The maximum absolute atomic E-state index is 11.5. The van der Waals surface area contributed by atoms with Gasteiger partial charge in [-0.2, -0.15) is 0 Å². The van der Waals surface area contributed by atoms with Crippen molar-refractivity contribution in [2.45, 2.75) is 19.5 Å². The van der Waals surface area contributed by atoms with E-state index in [2.05, 4.69) is 22.0 Å². The van der Waals surface area contributed by atoms with E-state index in [0.717, 1.165) is 25.0 Å². The summed E-state index contributed by atoms with van der Waals surface area (Å²) in [6, 6.07) is 8.24. The number of para-hydroxylation sites is 1. The minimum Gasteiger partial charge on any atom is -0.468 e. The number of rotatable bonds is 2. The molecule has 0 radical (unpaired) electrons. The van der Waals surface area contributed by atoms with E-state index in [4.69, 9.17) is 4.74 Å². The fourth-order valence-electron chi connectivity index (χ4n) is 2.71. The number of carbonyl (C=O) groups excluding carboxylic acids is 1. The summed E-state index contributed by atoms with van der Waals surface area (Å²) >= 11 is 0. The molecule has 19 heavy (non-hydrogen) atoms. The Bertz CT molecular complexity index is 607. The SMILES string of the molecule is COC(=O)Cn1c2c(c3ccccc31)CNCC2.Cl. The van der Waals surface area contributed by atoms with Gasteiger partial charge in [-0.15, -0.1) is 12.4 Å². The lowest BCUT2D eigenvalue weighted by Gasteiger charge is -2.16. The van der Waals surface area contributed by atoms with Crippen LogP contribution < -0.4 is 5.32 Å². The topological polar surface area (TPSA) is 43.3 Å². The van der Waals surface area contributed by atoms with Crippen molar-refractivity contribution in [2.75, 3.05) is 13.7 Å². The number of halogens is 1. The molecule has 1 aromatic heterocycles. The molecular weight excluding hydrogens is 264 g/mol. The van der Waals surface area contributed by atoms with E-state index in [1.165, 1.54) is 23.8 Å². The molecule has 102 valence electrons. The molecule has 0 atom stereocenters. The lowest BCUT2D eigenvalue weighted by molar-refractivity contribution is -0.141. The van der Waals surface area contributed by atoms with Crippen LogP contribution in [0, 0.1) is 0 Å². The van der Waals surface area contributed by atoms with Crippen LogP contribution in [0.1, 0.15) is 11.3 Å². The van der Waals surface area contributed by atoms with Crippen molar-refractivity contribution in [1.29, 1.82) is 0 Å². The highest BCUT2D eigenvalue weighted by molar-refractivity contribution is 5.87. The van der Waals surface area contributed by atoms with Gasteiger partial charge in [-0.1, -0.05) is 18.2 Å². The maximum atomic E-state index is 11.5. The predicted octanol–water partition coefficient (Wildman–Crippen LogP) is 1.88. The second-order valence-corrected chi connectivity index (χ2v) is 4.53. The quantitative estimate of drug-likeness (QED) is 0.854. The molecule has 0 saturated heterocycles. The van der Waals surface area contributed by atoms with Gasteiger partial charge in [0, 0.05) is 36.1 Å². The van der Waals surface area contributed by atoms with E-state index in [9.17, 15) is 4.79 Å². The Kier molecular flexibility index (Phi) is 4.12. The summed E-state index contributed by atoms with van der Waals surface area (Å²) in [5, 5.41) is 4.62. The lowest BCUT2D eigenvalue weighted by atomic mass is 10.1. The highest BCUT2D eigenvalue weighted by atomic mass is 35.5. The fraction of sp³-hybridized carbons (Fsp3) is 0.357. The third kappa shape index (κ3) is 2.33. The van der Waals surface area contributed by atoms with Crippen LogP contribution in [-0.2, 0) is 29.0 Å². The summed E-state index contributed by atoms with van der Waals surface area (Å²) in [5.41, 5.74) is 3.71. The van der Waals surface area contributed by atoms with Gasteiger partial charge in [0.05, 0.1) is 7.11 Å². The van der Waals surface area contributed by atoms with Crippen LogP contribution in [-0.4, -0.2) is 24.2 Å². The third-order valence-electron chi connectivity index (χ3n) is 3.55. The minimum atomic E-state index is -0.197. The molecule has 0 aliphatic carbocycles. The van der Waals surface area contributed by atoms with Gasteiger partial charge in [0.1, 0.15) is 6.54 Å². The van der Waals surface area contributed by atoms with Crippen molar-refractivity contribution in [3.63, 3.8) is 0 Å². The van der Waals surface area contributed by atoms with Crippen molar-refractivity contribution in [3.05, 3.63) is 35.5 Å². The van der Waals surface area contributed by atoms with E-state index in [1.54, 1.807) is 0 Å². The Labute approximate surface area is 118 Å². The Morgan fingerprint density at radius 3 is 3.00 bits per heavy atom. The first-order valence-corrected chi connectivity index (χ1v) is 6.18. The van der Waals surface area contributed by atoms with E-state index in [0.29, 0.717) is 6.54 Å². The zero-order valence-electron chi connectivity index (χ0n) is 10.8. The number of carbonyl (C=O) groups is 1. The van der Waals surface area contributed by atoms with Crippen LogP contribution in [0.15, 0.2) is 24.3 Å². The summed E-state index contributed by atoms with van der Waals surface area (Å²) in [7, 11) is 1.43. The van der Waals surface area contributed by atoms with Gasteiger partial charge in [0.25, 0.3) is 0 Å². The van der Waals surface area contributed by atoms with Crippen molar-refractivity contribution in [2.24, 2.45) is 0 Å². The normalized spacial score (nSPS) is 13.7. The lowest BCUT2D eigenvalue weighted by Crippen LogP contribution is -2.25. The molecule has 0 saturated carbocycles. The Balaban J connectivity index is 0.00000133. The predicted molar refractivity (Wildman–Crippen MR) is 76.6 cm³/mol. The third-order valence-corrected chi connectivity index (χ3v) is 3.55. The molecule has 2 aromatic rings. The Morgan fingerprint density at radius 2 is 2.21 bits per heavy atom. The van der Waals surface area contributed by atoms with Crippen LogP contribution >= 0.6 is 12.4 Å². The maximum Gasteiger partial charge on any atom is 0.325 e. The Hall–Kier alpha value is -1.52. The first kappa shape index (κ1) is 13.9. The van der Waals surface area contributed by atoms with E-state index >= 15 is 0 Å². The number of fused-ring (bicyclic) bond motifs is 3. The van der Waals surface area contributed by atoms with Crippen LogP contribution in [0.4, 0.5) is 0 Å². The smallest absolute Gasteiger partial charge is 0.325 e. The average molecular weight is 281 g/mol. The molecule has 0 amide bonds. The molecule has 5 heteroatoms. The van der Waals surface area contributed by atoms with Gasteiger partial charge in [-0.3, -0.25) is 4.79 Å². The van der Waals surface area contributed by atoms with E-state index in [1.807, 2.05) is 12.1 Å². The number of methoxy groups -OCH3 is 1. The number of benzene rings is 1. The summed E-state index contributed by atoms with van der Waals surface area (Å²) in [6.07, 6.45) is 0.959. The van der Waals surface area contributed by atoms with E-state index in [-0.39, 0.29) is 18.4 Å². The monoisotopic (exact) mass is 280 g/mol. The molecule has 0 fully saturated rings. The largest absolute Gasteiger partial charge is 0.468 e. The summed E-state index contributed by atoms with van der Waals surface area (Å²) in [5.74, 6) is -0.197. The minimum absolute atomic E-state index is 0. The second kappa shape index (κ2) is 5.63. The zero-order chi connectivity index (χ0) is 12.5. The molecule has 0 bridgehead atoms. The molecule has 2 heterocycles. The molecule has 4 nitrogen and oxygen atoms in total. The summed E-state index contributed by atoms with van der Waals surface area (Å²) < 4.78 is 6.88. The highest BCUT2D eigenvalue weighted by Gasteiger charge is 2.20. The number of hydrogen-bond donors (Lipinski definition) is 1. The molecule has 1 aliphatic heterocycles. The molecule has 0 spiro atoms. The van der Waals surface area contributed by atoms with Crippen LogP contribution in [0.2, 0.25) is 0 Å². The Morgan fingerprint density at radius 1 is 1.42 bits per heavy atom. The average Bonchev–Trinajstić information content (AvgIpc) is 2.74. The van der Waals surface area contributed by atoms with Crippen LogP contribution in [0.25, 0.3) is 10.9 Å². The molecule has 3 rings (SSSR count). The van der Waals surface area contributed by atoms with Crippen molar-refractivity contribution >= 4 is 29.3 Å². The number of hydrogen-bond acceptors (Lipinski definition) is 3. The highest BCUT2D eigenvalue weighted by Crippen LogP contribution is 2.28. The number of nitrogens with one attached hydrogen (secondary N) is 1. The molecule has 1 N–H and O–H groups in total. The summed E-state index contributed by atoms with van der Waals surface area (Å²) in [4.78, 5) is 11.5. The molecule has 1 aromatic carbocycles. The standard InChI is InChI=1S/C14H16N2O2.ClH/c1-18-14(17)9-16-12-5-3-2-4-10(12)11-8-15-7-6-13(11)16;/h2-5,15H,6-9H2,1H3;1H. The van der Waals surface area contributed by atoms with Crippen LogP contribution in [0.5, 0.6) is 0 Å². The van der Waals surface area contributed by atoms with Crippen LogP contribution in [0.3, 0.4) is 0 Å². The van der Waals surface area contributed by atoms with Gasteiger partial charge in [-0.25, -0.2) is 0 Å². The fourth-order valence-corrected chi connectivity index (χ4v) is 2.71. The second-order valence-electron chi connectivity index (χ2n) is 4.53. The van der Waals surface area contributed by atoms with E-state index < -0.39 is 0 Å². The number of esters is 1. The van der Waals surface area contributed by atoms with Gasteiger partial charge in [-0.05, 0) is 11.6 Å². The molecular formula is C14H17ClN2O2. The zero-order valence-corrected chi connectivity index (χ0v) is 11.6. The van der Waals surface area contributed by atoms with Gasteiger partial charge in [0.2, 0.25) is 0 Å². The summed E-state index contributed by atoms with van der Waals surface area (Å²) in [6.45, 7) is 2.14. The number of nitrogens with zero attached hydrogens (tertiary/aromatic N) is 1. The van der Waals surface area contributed by atoms with Crippen molar-refractivity contribution < 1.29 is 9.53 Å². The number of aromatic nitrogens is 1. The van der Waals surface area contributed by atoms with Gasteiger partial charge in [0.15, 0.2) is 0 Å². The number of ether oxygens (including phenoxy) is 1. The first-order valence-electron chi connectivity index (χ1n) is 6.18. The molecule has 1 aliphatic rings. The van der Waals surface area contributed by atoms with Gasteiger partial charge < -0.3 is 14.6 Å². The first-order chi connectivity index (χ1) is 8.81. The van der Waals surface area contributed by atoms with Crippen molar-refractivity contribution in [1.82, 2.24) is 9.88 Å². The van der Waals surface area contributed by atoms with Crippen molar-refractivity contribution in [3.8, 4) is 0 Å².